The van der Waals surface area contributed by atoms with E-state index in [2.05, 4.69) is 32.2 Å². The fraction of sp³-hybridized carbons (Fsp3) is 0.529. The van der Waals surface area contributed by atoms with Crippen molar-refractivity contribution in [1.82, 2.24) is 29.7 Å². The van der Waals surface area contributed by atoms with Crippen molar-refractivity contribution in [3.8, 4) is 0 Å². The molecule has 0 bridgehead atoms. The fourth-order valence-corrected chi connectivity index (χ4v) is 3.57. The van der Waals surface area contributed by atoms with Gasteiger partial charge in [-0.3, -0.25) is 4.90 Å². The Labute approximate surface area is 139 Å². The molecule has 0 radical (unpaired) electrons. The predicted octanol–water partition coefficient (Wildman–Crippen LogP) is 2.37. The van der Waals surface area contributed by atoms with Crippen molar-refractivity contribution in [2.24, 2.45) is 0 Å². The zero-order chi connectivity index (χ0) is 15.9. The average molecular weight is 324 g/mol. The second-order valence-electron chi connectivity index (χ2n) is 6.89. The van der Waals surface area contributed by atoms with E-state index in [4.69, 9.17) is 9.52 Å². The molecular formula is C17H20N6O. The molecule has 2 aliphatic rings. The highest BCUT2D eigenvalue weighted by Gasteiger charge is 2.28. The van der Waals surface area contributed by atoms with E-state index in [1.807, 2.05) is 4.52 Å². The lowest BCUT2D eigenvalue weighted by molar-refractivity contribution is 0.198. The van der Waals surface area contributed by atoms with Crippen LogP contribution in [0.4, 0.5) is 0 Å². The maximum atomic E-state index is 5.05. The lowest BCUT2D eigenvalue weighted by Crippen LogP contribution is -2.33. The standard InChI is InChI=1S/C17H20N6O/c1-2-12(1)15-3-4-16-19-20-17(23(16)21-15)13-5-7-22(8-6-13)9-14-10-24-11-18-14/h3-4,10-13H,1-2,5-9H2. The number of fused-ring (bicyclic) bond motifs is 1. The van der Waals surface area contributed by atoms with Crippen LogP contribution in [0.2, 0.25) is 0 Å². The maximum absolute atomic E-state index is 5.05. The van der Waals surface area contributed by atoms with Gasteiger partial charge in [0.05, 0.1) is 11.4 Å². The van der Waals surface area contributed by atoms with Crippen LogP contribution in [0.15, 0.2) is 29.2 Å². The van der Waals surface area contributed by atoms with Gasteiger partial charge >= 0.3 is 0 Å². The van der Waals surface area contributed by atoms with Crippen molar-refractivity contribution >= 4 is 5.65 Å². The fourth-order valence-electron chi connectivity index (χ4n) is 3.57. The average Bonchev–Trinajstić information content (AvgIpc) is 3.18. The van der Waals surface area contributed by atoms with Crippen molar-refractivity contribution < 1.29 is 4.42 Å². The summed E-state index contributed by atoms with van der Waals surface area (Å²) in [4.78, 5) is 6.62. The number of oxazole rings is 1. The molecule has 0 aromatic carbocycles. The molecule has 124 valence electrons. The van der Waals surface area contributed by atoms with E-state index in [-0.39, 0.29) is 0 Å². The van der Waals surface area contributed by atoms with Gasteiger partial charge in [-0.1, -0.05) is 0 Å². The molecular weight excluding hydrogens is 304 g/mol. The van der Waals surface area contributed by atoms with Gasteiger partial charge in [-0.2, -0.15) is 9.61 Å². The summed E-state index contributed by atoms with van der Waals surface area (Å²) in [6, 6.07) is 4.16. The number of aromatic nitrogens is 5. The highest BCUT2D eigenvalue weighted by atomic mass is 16.3. The molecule has 3 aromatic rings. The quantitative estimate of drug-likeness (QED) is 0.733. The Hall–Kier alpha value is -2.28. The van der Waals surface area contributed by atoms with Crippen molar-refractivity contribution in [3.05, 3.63) is 42.0 Å². The third kappa shape index (κ3) is 2.58. The molecule has 1 saturated heterocycles. The number of likely N-dealkylation sites (tertiary alicyclic amines) is 1. The van der Waals surface area contributed by atoms with E-state index < -0.39 is 0 Å². The van der Waals surface area contributed by atoms with Crippen LogP contribution in [0.3, 0.4) is 0 Å². The van der Waals surface area contributed by atoms with Gasteiger partial charge in [0.2, 0.25) is 0 Å². The minimum Gasteiger partial charge on any atom is -0.451 e. The number of hydrogen-bond acceptors (Lipinski definition) is 6. The lowest BCUT2D eigenvalue weighted by atomic mass is 9.96. The van der Waals surface area contributed by atoms with E-state index in [1.54, 1.807) is 6.26 Å². The van der Waals surface area contributed by atoms with Gasteiger partial charge in [-0.25, -0.2) is 4.98 Å². The van der Waals surface area contributed by atoms with Crippen molar-refractivity contribution in [3.63, 3.8) is 0 Å². The Morgan fingerprint density at radius 3 is 2.67 bits per heavy atom. The molecule has 4 heterocycles. The molecule has 1 aliphatic carbocycles. The zero-order valence-corrected chi connectivity index (χ0v) is 13.5. The zero-order valence-electron chi connectivity index (χ0n) is 13.5. The molecule has 7 heteroatoms. The summed E-state index contributed by atoms with van der Waals surface area (Å²) >= 11 is 0. The largest absolute Gasteiger partial charge is 0.451 e. The van der Waals surface area contributed by atoms with Crippen LogP contribution in [0, 0.1) is 0 Å². The summed E-state index contributed by atoms with van der Waals surface area (Å²) in [6.45, 7) is 2.93. The Bertz CT molecular complexity index is 830. The molecule has 0 N–H and O–H groups in total. The number of piperidine rings is 1. The summed E-state index contributed by atoms with van der Waals surface area (Å²) in [5.41, 5.74) is 3.04. The van der Waals surface area contributed by atoms with E-state index in [0.29, 0.717) is 11.8 Å². The van der Waals surface area contributed by atoms with Crippen molar-refractivity contribution in [2.45, 2.75) is 44.1 Å². The summed E-state index contributed by atoms with van der Waals surface area (Å²) < 4.78 is 7.03. The molecule has 7 nitrogen and oxygen atoms in total. The predicted molar refractivity (Wildman–Crippen MR) is 86.5 cm³/mol. The van der Waals surface area contributed by atoms with Crippen LogP contribution < -0.4 is 0 Å². The third-order valence-electron chi connectivity index (χ3n) is 5.12. The second-order valence-corrected chi connectivity index (χ2v) is 6.89. The first-order chi connectivity index (χ1) is 11.9. The molecule has 0 atom stereocenters. The van der Waals surface area contributed by atoms with Crippen LogP contribution in [0.1, 0.15) is 54.7 Å². The summed E-state index contributed by atoms with van der Waals surface area (Å²) in [5.74, 6) is 2.10. The smallest absolute Gasteiger partial charge is 0.180 e. The Morgan fingerprint density at radius 1 is 1.04 bits per heavy atom. The van der Waals surface area contributed by atoms with Gasteiger partial charge in [0.25, 0.3) is 0 Å². The lowest BCUT2D eigenvalue weighted by Gasteiger charge is -2.30. The highest BCUT2D eigenvalue weighted by Crippen LogP contribution is 2.39. The van der Waals surface area contributed by atoms with Crippen molar-refractivity contribution in [2.75, 3.05) is 13.1 Å². The highest BCUT2D eigenvalue weighted by molar-refractivity contribution is 5.38. The van der Waals surface area contributed by atoms with Crippen LogP contribution >= 0.6 is 0 Å². The van der Waals surface area contributed by atoms with Crippen LogP contribution in [-0.2, 0) is 6.54 Å². The molecule has 1 saturated carbocycles. The first kappa shape index (κ1) is 14.1. The SMILES string of the molecule is c1nc(CN2CCC(c3nnc4ccc(C5CC5)nn34)CC2)co1. The van der Waals surface area contributed by atoms with Crippen LogP contribution in [-0.4, -0.2) is 42.8 Å². The number of rotatable bonds is 4. The molecule has 1 aliphatic heterocycles. The summed E-state index contributed by atoms with van der Waals surface area (Å²) in [7, 11) is 0. The van der Waals surface area contributed by atoms with Gasteiger partial charge < -0.3 is 4.42 Å². The minimum atomic E-state index is 0.426. The third-order valence-corrected chi connectivity index (χ3v) is 5.12. The van der Waals surface area contributed by atoms with E-state index in [1.165, 1.54) is 24.9 Å². The molecule has 2 fully saturated rings. The Morgan fingerprint density at radius 2 is 1.92 bits per heavy atom. The maximum Gasteiger partial charge on any atom is 0.180 e. The molecule has 0 unspecified atom stereocenters. The molecule has 24 heavy (non-hydrogen) atoms. The normalized spacial score (nSPS) is 20.0. The Balaban J connectivity index is 1.32. The first-order valence-corrected chi connectivity index (χ1v) is 8.68. The van der Waals surface area contributed by atoms with Gasteiger partial charge in [0.15, 0.2) is 17.9 Å². The monoisotopic (exact) mass is 324 g/mol. The van der Waals surface area contributed by atoms with E-state index in [9.17, 15) is 0 Å². The van der Waals surface area contributed by atoms with E-state index in [0.717, 1.165) is 49.6 Å². The second kappa shape index (κ2) is 5.66. The summed E-state index contributed by atoms with van der Waals surface area (Å²) in [5, 5.41) is 13.6. The Kier molecular flexibility index (Phi) is 3.33. The van der Waals surface area contributed by atoms with Gasteiger partial charge in [0.1, 0.15) is 6.26 Å². The first-order valence-electron chi connectivity index (χ1n) is 8.68. The van der Waals surface area contributed by atoms with Crippen molar-refractivity contribution in [1.29, 1.82) is 0 Å². The summed E-state index contributed by atoms with van der Waals surface area (Å²) in [6.07, 6.45) is 7.89. The molecule has 0 spiro atoms. The van der Waals surface area contributed by atoms with E-state index >= 15 is 0 Å². The number of hydrogen-bond donors (Lipinski definition) is 0. The molecule has 3 aromatic heterocycles. The topological polar surface area (TPSA) is 72.4 Å². The van der Waals surface area contributed by atoms with Gasteiger partial charge in [-0.05, 0) is 50.9 Å². The number of nitrogens with zero attached hydrogens (tertiary/aromatic N) is 6. The van der Waals surface area contributed by atoms with Gasteiger partial charge in [-0.15, -0.1) is 10.2 Å². The molecule has 0 amide bonds. The molecule has 5 rings (SSSR count). The van der Waals surface area contributed by atoms with Crippen LogP contribution in [0.25, 0.3) is 5.65 Å². The van der Waals surface area contributed by atoms with Gasteiger partial charge in [0, 0.05) is 18.4 Å². The minimum absolute atomic E-state index is 0.426. The van der Waals surface area contributed by atoms with Crippen LogP contribution in [0.5, 0.6) is 0 Å².